The van der Waals surface area contributed by atoms with Gasteiger partial charge in [-0.05, 0) is 36.1 Å². The van der Waals surface area contributed by atoms with Crippen LogP contribution in [0.25, 0.3) is 0 Å². The topological polar surface area (TPSA) is 93.8 Å². The summed E-state index contributed by atoms with van der Waals surface area (Å²) in [5.41, 5.74) is 0.379. The zero-order chi connectivity index (χ0) is 20.3. The number of likely N-dealkylation sites (tertiary alicyclic amines) is 1. The number of aliphatic hydroxyl groups excluding tert-OH is 2. The summed E-state index contributed by atoms with van der Waals surface area (Å²) >= 11 is 0. The van der Waals surface area contributed by atoms with Crippen LogP contribution in [0.3, 0.4) is 0 Å². The van der Waals surface area contributed by atoms with Crippen LogP contribution in [0.1, 0.15) is 36.2 Å². The lowest BCUT2D eigenvalue weighted by molar-refractivity contribution is 0.00366. The zero-order valence-electron chi connectivity index (χ0n) is 16.0. The van der Waals surface area contributed by atoms with E-state index >= 15 is 0 Å². The molecular weight excluding hydrogens is 356 g/mol. The van der Waals surface area contributed by atoms with E-state index in [4.69, 9.17) is 4.74 Å². The van der Waals surface area contributed by atoms with Crippen LogP contribution in [0, 0.1) is 16.7 Å². The number of ether oxygens (including phenoxy) is 1. The highest BCUT2D eigenvalue weighted by molar-refractivity contribution is 5.97. The summed E-state index contributed by atoms with van der Waals surface area (Å²) in [7, 11) is 0. The molecule has 0 bridgehead atoms. The van der Waals surface area contributed by atoms with E-state index in [-0.39, 0.29) is 17.9 Å². The molecule has 1 fully saturated rings. The van der Waals surface area contributed by atoms with E-state index in [0.29, 0.717) is 35.6 Å². The number of carbonyl (C=O) groups is 1. The second-order valence-corrected chi connectivity index (χ2v) is 7.89. The van der Waals surface area contributed by atoms with Gasteiger partial charge in [0.15, 0.2) is 0 Å². The fourth-order valence-corrected chi connectivity index (χ4v) is 3.52. The summed E-state index contributed by atoms with van der Waals surface area (Å²) in [6.07, 6.45) is -1.47. The number of rotatable bonds is 3. The van der Waals surface area contributed by atoms with Crippen LogP contribution in [-0.2, 0) is 0 Å². The average molecular weight is 380 g/mol. The quantitative estimate of drug-likeness (QED) is 0.854. The second kappa shape index (κ2) is 8.01. The monoisotopic (exact) mass is 380 g/mol. The Morgan fingerprint density at radius 1 is 1.11 bits per heavy atom. The Hall–Kier alpha value is -2.88. The number of nitriles is 1. The van der Waals surface area contributed by atoms with Crippen molar-refractivity contribution >= 4 is 5.91 Å². The normalized spacial score (nSPS) is 21.5. The zero-order valence-corrected chi connectivity index (χ0v) is 16.0. The fourth-order valence-electron chi connectivity index (χ4n) is 3.52. The number of hydrogen-bond acceptors (Lipinski definition) is 5. The maximum absolute atomic E-state index is 13.2. The van der Waals surface area contributed by atoms with Crippen LogP contribution in [0.5, 0.6) is 11.5 Å². The van der Waals surface area contributed by atoms with Crippen molar-refractivity contribution in [1.82, 2.24) is 4.90 Å². The maximum atomic E-state index is 13.2. The molecule has 1 heterocycles. The van der Waals surface area contributed by atoms with E-state index in [1.807, 2.05) is 13.8 Å². The van der Waals surface area contributed by atoms with Gasteiger partial charge < -0.3 is 19.8 Å². The number of amides is 1. The molecule has 6 heteroatoms. The molecule has 1 aliphatic heterocycles. The van der Waals surface area contributed by atoms with Gasteiger partial charge in [-0.2, -0.15) is 5.26 Å². The maximum Gasteiger partial charge on any atom is 0.257 e. The Bertz CT molecular complexity index is 903. The minimum atomic E-state index is -1.00. The molecule has 2 aromatic carbocycles. The molecule has 0 saturated carbocycles. The lowest BCUT2D eigenvalue weighted by Crippen LogP contribution is -2.41. The lowest BCUT2D eigenvalue weighted by Gasteiger charge is -2.30. The predicted octanol–water partition coefficient (Wildman–Crippen LogP) is 2.94. The molecule has 1 saturated heterocycles. The Morgan fingerprint density at radius 2 is 1.75 bits per heavy atom. The van der Waals surface area contributed by atoms with Crippen molar-refractivity contribution in [2.75, 3.05) is 13.1 Å². The SMILES string of the molecule is CC1(C)C[C@@H](O)[C@@H](O)CN(C(=O)c2ccccc2Oc2ccccc2C#N)C1. The smallest absolute Gasteiger partial charge is 0.257 e. The minimum Gasteiger partial charge on any atom is -0.455 e. The van der Waals surface area contributed by atoms with Gasteiger partial charge in [0, 0.05) is 13.1 Å². The summed E-state index contributed by atoms with van der Waals surface area (Å²) in [6.45, 7) is 4.37. The summed E-state index contributed by atoms with van der Waals surface area (Å²) in [4.78, 5) is 14.8. The van der Waals surface area contributed by atoms with Gasteiger partial charge in [0.2, 0.25) is 0 Å². The largest absolute Gasteiger partial charge is 0.455 e. The van der Waals surface area contributed by atoms with Gasteiger partial charge in [-0.1, -0.05) is 38.1 Å². The summed E-state index contributed by atoms with van der Waals surface area (Å²) in [6, 6.07) is 15.7. The van der Waals surface area contributed by atoms with E-state index in [0.717, 1.165) is 0 Å². The van der Waals surface area contributed by atoms with Crippen molar-refractivity contribution in [1.29, 1.82) is 5.26 Å². The van der Waals surface area contributed by atoms with Gasteiger partial charge in [-0.25, -0.2) is 0 Å². The number of carbonyl (C=O) groups excluding carboxylic acids is 1. The van der Waals surface area contributed by atoms with E-state index in [1.54, 1.807) is 53.4 Å². The van der Waals surface area contributed by atoms with E-state index in [2.05, 4.69) is 6.07 Å². The standard InChI is InChI=1S/C22H24N2O4/c1-22(2)11-17(25)18(26)13-24(14-22)21(27)16-8-4-6-10-20(16)28-19-9-5-3-7-15(19)12-23/h3-10,17-18,25-26H,11,13-14H2,1-2H3/t17-,18+/m1/s1. The van der Waals surface area contributed by atoms with Crippen molar-refractivity contribution in [2.24, 2.45) is 5.41 Å². The van der Waals surface area contributed by atoms with Crippen LogP contribution in [0.2, 0.25) is 0 Å². The van der Waals surface area contributed by atoms with Crippen LogP contribution >= 0.6 is 0 Å². The minimum absolute atomic E-state index is 0.0482. The summed E-state index contributed by atoms with van der Waals surface area (Å²) < 4.78 is 5.89. The lowest BCUT2D eigenvalue weighted by atomic mass is 9.86. The third kappa shape index (κ3) is 4.33. The first-order valence-corrected chi connectivity index (χ1v) is 9.22. The van der Waals surface area contributed by atoms with Crippen LogP contribution in [0.4, 0.5) is 0 Å². The van der Waals surface area contributed by atoms with Gasteiger partial charge >= 0.3 is 0 Å². The van der Waals surface area contributed by atoms with Gasteiger partial charge in [-0.15, -0.1) is 0 Å². The summed E-state index contributed by atoms with van der Waals surface area (Å²) in [5.74, 6) is 0.426. The van der Waals surface area contributed by atoms with Crippen LogP contribution in [-0.4, -0.2) is 46.3 Å². The highest BCUT2D eigenvalue weighted by Gasteiger charge is 2.36. The van der Waals surface area contributed by atoms with Crippen LogP contribution in [0.15, 0.2) is 48.5 Å². The highest BCUT2D eigenvalue weighted by Crippen LogP contribution is 2.32. The van der Waals surface area contributed by atoms with Gasteiger partial charge in [0.1, 0.15) is 17.6 Å². The molecular formula is C22H24N2O4. The summed E-state index contributed by atoms with van der Waals surface area (Å²) in [5, 5.41) is 29.6. The van der Waals surface area contributed by atoms with Crippen molar-refractivity contribution in [2.45, 2.75) is 32.5 Å². The molecule has 0 aromatic heterocycles. The van der Waals surface area contributed by atoms with Crippen LogP contribution < -0.4 is 4.74 Å². The Morgan fingerprint density at radius 3 is 2.46 bits per heavy atom. The number of para-hydroxylation sites is 2. The molecule has 2 aromatic rings. The number of benzene rings is 2. The Labute approximate surface area is 164 Å². The molecule has 28 heavy (non-hydrogen) atoms. The first-order valence-electron chi connectivity index (χ1n) is 9.22. The molecule has 2 N–H and O–H groups in total. The molecule has 1 amide bonds. The fraction of sp³-hybridized carbons (Fsp3) is 0.364. The average Bonchev–Trinajstić information content (AvgIpc) is 2.77. The molecule has 0 spiro atoms. The van der Waals surface area contributed by atoms with Crippen molar-refractivity contribution in [3.8, 4) is 17.6 Å². The molecule has 0 radical (unpaired) electrons. The second-order valence-electron chi connectivity index (χ2n) is 7.89. The molecule has 146 valence electrons. The molecule has 2 atom stereocenters. The Balaban J connectivity index is 1.92. The molecule has 1 aliphatic rings. The predicted molar refractivity (Wildman–Crippen MR) is 104 cm³/mol. The Kier molecular flexibility index (Phi) is 5.68. The number of hydrogen-bond donors (Lipinski definition) is 2. The first-order chi connectivity index (χ1) is 13.3. The number of β-amino-alcohol motifs (C(OH)–C–C–N with tert-alkyl or cyclic N) is 1. The van der Waals surface area contributed by atoms with E-state index in [9.17, 15) is 20.3 Å². The van der Waals surface area contributed by atoms with Gasteiger partial charge in [-0.3, -0.25) is 4.79 Å². The van der Waals surface area contributed by atoms with E-state index < -0.39 is 12.2 Å². The van der Waals surface area contributed by atoms with Crippen molar-refractivity contribution in [3.05, 3.63) is 59.7 Å². The van der Waals surface area contributed by atoms with Crippen molar-refractivity contribution < 1.29 is 19.7 Å². The first kappa shape index (κ1) is 19.9. The molecule has 6 nitrogen and oxygen atoms in total. The van der Waals surface area contributed by atoms with Crippen molar-refractivity contribution in [3.63, 3.8) is 0 Å². The molecule has 3 rings (SSSR count). The van der Waals surface area contributed by atoms with Gasteiger partial charge in [0.05, 0.1) is 23.3 Å². The number of nitrogens with zero attached hydrogens (tertiary/aromatic N) is 2. The highest BCUT2D eigenvalue weighted by atomic mass is 16.5. The third-order valence-corrected chi connectivity index (χ3v) is 4.86. The third-order valence-electron chi connectivity index (χ3n) is 4.86. The molecule has 0 unspecified atom stereocenters. The molecule has 0 aliphatic carbocycles. The van der Waals surface area contributed by atoms with Gasteiger partial charge in [0.25, 0.3) is 5.91 Å². The van der Waals surface area contributed by atoms with E-state index in [1.165, 1.54) is 0 Å². The number of aliphatic hydroxyl groups is 2.